The van der Waals surface area contributed by atoms with E-state index in [1.54, 1.807) is 13.0 Å². The van der Waals surface area contributed by atoms with Crippen molar-refractivity contribution in [3.05, 3.63) is 12.2 Å². The monoisotopic (exact) mass is 185 g/mol. The van der Waals surface area contributed by atoms with Gasteiger partial charge < -0.3 is 9.64 Å². The Bertz CT molecular complexity index is 166. The molecule has 3 heteroatoms. The zero-order valence-corrected chi connectivity index (χ0v) is 8.75. The molecule has 0 aliphatic carbocycles. The lowest BCUT2D eigenvalue weighted by atomic mass is 10.4. The number of esters is 1. The summed E-state index contributed by atoms with van der Waals surface area (Å²) in [6.07, 6.45) is 4.01. The van der Waals surface area contributed by atoms with Crippen molar-refractivity contribution < 1.29 is 9.53 Å². The third-order valence-corrected chi connectivity index (χ3v) is 1.77. The van der Waals surface area contributed by atoms with E-state index in [2.05, 4.69) is 11.8 Å². The highest BCUT2D eigenvalue weighted by Gasteiger charge is 1.97. The van der Waals surface area contributed by atoms with Crippen molar-refractivity contribution >= 4 is 5.97 Å². The summed E-state index contributed by atoms with van der Waals surface area (Å²) in [6, 6.07) is 0. The Morgan fingerprint density at radius 3 is 2.77 bits per heavy atom. The largest absolute Gasteiger partial charge is 0.462 e. The maximum absolute atomic E-state index is 10.8. The third-order valence-electron chi connectivity index (χ3n) is 1.77. The predicted molar refractivity (Wildman–Crippen MR) is 53.6 cm³/mol. The van der Waals surface area contributed by atoms with Gasteiger partial charge in [-0.3, -0.25) is 0 Å². The quantitative estimate of drug-likeness (QED) is 0.356. The van der Waals surface area contributed by atoms with E-state index >= 15 is 0 Å². The van der Waals surface area contributed by atoms with Crippen molar-refractivity contribution in [2.75, 3.05) is 26.7 Å². The summed E-state index contributed by atoms with van der Waals surface area (Å²) in [5.74, 6) is -0.248. The lowest BCUT2D eigenvalue weighted by Crippen LogP contribution is -2.20. The number of allylic oxidation sites excluding steroid dienone is 1. The van der Waals surface area contributed by atoms with Gasteiger partial charge in [-0.1, -0.05) is 13.0 Å². The van der Waals surface area contributed by atoms with Gasteiger partial charge in [0.05, 0.1) is 6.61 Å². The molecule has 0 aromatic rings. The van der Waals surface area contributed by atoms with E-state index in [1.807, 2.05) is 7.05 Å². The van der Waals surface area contributed by atoms with Gasteiger partial charge in [-0.2, -0.15) is 0 Å². The van der Waals surface area contributed by atoms with Crippen molar-refractivity contribution in [3.8, 4) is 0 Å². The van der Waals surface area contributed by atoms with Crippen molar-refractivity contribution in [2.45, 2.75) is 20.3 Å². The van der Waals surface area contributed by atoms with Crippen LogP contribution < -0.4 is 0 Å². The first-order chi connectivity index (χ1) is 6.20. The van der Waals surface area contributed by atoms with Gasteiger partial charge in [-0.05, 0) is 26.9 Å². The van der Waals surface area contributed by atoms with E-state index in [9.17, 15) is 4.79 Å². The molecule has 0 bridgehead atoms. The topological polar surface area (TPSA) is 29.5 Å². The summed E-state index contributed by atoms with van der Waals surface area (Å²) in [4.78, 5) is 13.0. The third kappa shape index (κ3) is 7.53. The SMILES string of the molecule is CC=CC(=O)OCCCN(C)CC. The minimum atomic E-state index is -0.248. The van der Waals surface area contributed by atoms with E-state index in [1.165, 1.54) is 6.08 Å². The van der Waals surface area contributed by atoms with Crippen molar-refractivity contribution in [3.63, 3.8) is 0 Å². The van der Waals surface area contributed by atoms with Crippen LogP contribution in [0.15, 0.2) is 12.2 Å². The first-order valence-corrected chi connectivity index (χ1v) is 4.68. The Hall–Kier alpha value is -0.830. The smallest absolute Gasteiger partial charge is 0.330 e. The molecule has 0 saturated carbocycles. The first kappa shape index (κ1) is 12.2. The number of nitrogens with zero attached hydrogens (tertiary/aromatic N) is 1. The van der Waals surface area contributed by atoms with Crippen LogP contribution in [0.4, 0.5) is 0 Å². The molecule has 0 heterocycles. The van der Waals surface area contributed by atoms with Gasteiger partial charge in [-0.25, -0.2) is 4.79 Å². The second kappa shape index (κ2) is 7.80. The molecule has 0 saturated heterocycles. The molecule has 76 valence electrons. The molecule has 0 rings (SSSR count). The molecule has 0 atom stereocenters. The van der Waals surface area contributed by atoms with Gasteiger partial charge in [0.25, 0.3) is 0 Å². The van der Waals surface area contributed by atoms with Gasteiger partial charge in [0.1, 0.15) is 0 Å². The standard InChI is InChI=1S/C10H19NO2/c1-4-7-10(12)13-9-6-8-11(3)5-2/h4,7H,5-6,8-9H2,1-3H3. The van der Waals surface area contributed by atoms with Crippen LogP contribution in [0.3, 0.4) is 0 Å². The van der Waals surface area contributed by atoms with E-state index < -0.39 is 0 Å². The van der Waals surface area contributed by atoms with Crippen molar-refractivity contribution in [2.24, 2.45) is 0 Å². The second-order valence-corrected chi connectivity index (χ2v) is 2.92. The van der Waals surface area contributed by atoms with Crippen molar-refractivity contribution in [1.82, 2.24) is 4.90 Å². The van der Waals surface area contributed by atoms with Crippen LogP contribution in [0.25, 0.3) is 0 Å². The lowest BCUT2D eigenvalue weighted by molar-refractivity contribution is -0.137. The van der Waals surface area contributed by atoms with Crippen LogP contribution in [-0.4, -0.2) is 37.6 Å². The molecule has 0 aliphatic rings. The van der Waals surface area contributed by atoms with Crippen LogP contribution in [0.5, 0.6) is 0 Å². The summed E-state index contributed by atoms with van der Waals surface area (Å²) < 4.78 is 4.92. The fraction of sp³-hybridized carbons (Fsp3) is 0.700. The molecule has 0 spiro atoms. The average Bonchev–Trinajstić information content (AvgIpc) is 2.12. The Balaban J connectivity index is 3.30. The molecular weight excluding hydrogens is 166 g/mol. The minimum absolute atomic E-state index is 0.248. The zero-order valence-electron chi connectivity index (χ0n) is 8.75. The summed E-state index contributed by atoms with van der Waals surface area (Å²) in [5, 5.41) is 0. The molecule has 3 nitrogen and oxygen atoms in total. The number of rotatable bonds is 6. The lowest BCUT2D eigenvalue weighted by Gasteiger charge is -2.12. The van der Waals surface area contributed by atoms with E-state index in [4.69, 9.17) is 4.74 Å². The average molecular weight is 185 g/mol. The number of carbonyl (C=O) groups excluding carboxylic acids is 1. The fourth-order valence-electron chi connectivity index (χ4n) is 0.850. The molecule has 0 fully saturated rings. The van der Waals surface area contributed by atoms with E-state index in [0.29, 0.717) is 6.61 Å². The maximum Gasteiger partial charge on any atom is 0.330 e. The highest BCUT2D eigenvalue weighted by Crippen LogP contribution is 1.89. The van der Waals surface area contributed by atoms with E-state index in [-0.39, 0.29) is 5.97 Å². The molecule has 0 N–H and O–H groups in total. The number of ether oxygens (including phenoxy) is 1. The van der Waals surface area contributed by atoms with Crippen molar-refractivity contribution in [1.29, 1.82) is 0 Å². The Kier molecular flexibility index (Phi) is 7.30. The summed E-state index contributed by atoms with van der Waals surface area (Å²) >= 11 is 0. The van der Waals surface area contributed by atoms with Crippen LogP contribution in [-0.2, 0) is 9.53 Å². The van der Waals surface area contributed by atoms with Crippen LogP contribution >= 0.6 is 0 Å². The molecule has 13 heavy (non-hydrogen) atoms. The van der Waals surface area contributed by atoms with Crippen LogP contribution in [0.1, 0.15) is 20.3 Å². The molecular formula is C10H19NO2. The molecule has 0 aromatic heterocycles. The highest BCUT2D eigenvalue weighted by molar-refractivity contribution is 5.81. The minimum Gasteiger partial charge on any atom is -0.462 e. The predicted octanol–water partition coefficient (Wildman–Crippen LogP) is 1.45. The van der Waals surface area contributed by atoms with Crippen LogP contribution in [0, 0.1) is 0 Å². The summed E-state index contributed by atoms with van der Waals surface area (Å²) in [5.41, 5.74) is 0. The van der Waals surface area contributed by atoms with Gasteiger partial charge in [0.2, 0.25) is 0 Å². The number of hydrogen-bond acceptors (Lipinski definition) is 3. The molecule has 0 aliphatic heterocycles. The Morgan fingerprint density at radius 2 is 2.23 bits per heavy atom. The molecule has 0 unspecified atom stereocenters. The van der Waals surface area contributed by atoms with E-state index in [0.717, 1.165) is 19.5 Å². The molecule has 0 amide bonds. The molecule has 0 radical (unpaired) electrons. The maximum atomic E-state index is 10.8. The normalized spacial score (nSPS) is 11.1. The zero-order chi connectivity index (χ0) is 10.1. The van der Waals surface area contributed by atoms with Crippen LogP contribution in [0.2, 0.25) is 0 Å². The van der Waals surface area contributed by atoms with Gasteiger partial charge >= 0.3 is 5.97 Å². The summed E-state index contributed by atoms with van der Waals surface area (Å²) in [6.45, 7) is 6.41. The Labute approximate surface area is 80.4 Å². The number of carbonyl (C=O) groups is 1. The second-order valence-electron chi connectivity index (χ2n) is 2.92. The summed E-state index contributed by atoms with van der Waals surface area (Å²) in [7, 11) is 2.05. The van der Waals surface area contributed by atoms with Gasteiger partial charge in [-0.15, -0.1) is 0 Å². The number of hydrogen-bond donors (Lipinski definition) is 0. The molecule has 0 aromatic carbocycles. The Morgan fingerprint density at radius 1 is 1.54 bits per heavy atom. The first-order valence-electron chi connectivity index (χ1n) is 4.68. The van der Waals surface area contributed by atoms with Gasteiger partial charge in [0.15, 0.2) is 0 Å². The van der Waals surface area contributed by atoms with Gasteiger partial charge in [0, 0.05) is 12.6 Å². The highest BCUT2D eigenvalue weighted by atomic mass is 16.5. The fourth-order valence-corrected chi connectivity index (χ4v) is 0.850.